The highest BCUT2D eigenvalue weighted by Gasteiger charge is 2.17. The van der Waals surface area contributed by atoms with Crippen LogP contribution in [0.5, 0.6) is 0 Å². The molecule has 21 heavy (non-hydrogen) atoms. The molecule has 1 aromatic carbocycles. The van der Waals surface area contributed by atoms with E-state index in [9.17, 15) is 4.79 Å². The Labute approximate surface area is 136 Å². The number of benzene rings is 1. The minimum absolute atomic E-state index is 0.0345. The zero-order valence-corrected chi connectivity index (χ0v) is 13.8. The number of nitrogens with zero attached hydrogens (tertiary/aromatic N) is 1. The lowest BCUT2D eigenvalue weighted by Gasteiger charge is -2.22. The number of anilines is 1. The number of amides is 1. The topological polar surface area (TPSA) is 54.0 Å². The molecule has 1 aromatic heterocycles. The number of carbonyl (C=O) groups is 1. The highest BCUT2D eigenvalue weighted by Crippen LogP contribution is 2.24. The van der Waals surface area contributed by atoms with Crippen LogP contribution >= 0.6 is 27.7 Å². The summed E-state index contributed by atoms with van der Waals surface area (Å²) in [5.74, 6) is 2.15. The number of fused-ring (bicyclic) bond motifs is 1. The second-order valence-corrected chi connectivity index (χ2v) is 7.07. The van der Waals surface area contributed by atoms with Crippen LogP contribution in [0, 0.1) is 0 Å². The van der Waals surface area contributed by atoms with Crippen LogP contribution in [0.2, 0.25) is 0 Å². The van der Waals surface area contributed by atoms with E-state index in [0.29, 0.717) is 6.42 Å². The maximum atomic E-state index is 12.2. The van der Waals surface area contributed by atoms with Gasteiger partial charge in [-0.2, -0.15) is 11.8 Å². The van der Waals surface area contributed by atoms with Crippen LogP contribution in [0.1, 0.15) is 6.42 Å². The molecule has 3 rings (SSSR count). The van der Waals surface area contributed by atoms with Crippen molar-refractivity contribution in [2.45, 2.75) is 12.5 Å². The van der Waals surface area contributed by atoms with E-state index in [1.54, 1.807) is 6.20 Å². The van der Waals surface area contributed by atoms with E-state index >= 15 is 0 Å². The summed E-state index contributed by atoms with van der Waals surface area (Å²) in [4.78, 5) is 16.6. The Morgan fingerprint density at radius 2 is 2.43 bits per heavy atom. The van der Waals surface area contributed by atoms with Crippen LogP contribution in [0.4, 0.5) is 5.69 Å². The van der Waals surface area contributed by atoms with Crippen molar-refractivity contribution in [2.75, 3.05) is 23.4 Å². The molecular formula is C15H16BrN3OS. The van der Waals surface area contributed by atoms with Gasteiger partial charge in [0.15, 0.2) is 0 Å². The first-order valence-corrected chi connectivity index (χ1v) is 8.82. The van der Waals surface area contributed by atoms with E-state index in [2.05, 4.69) is 31.5 Å². The number of para-hydroxylation sites is 1. The Morgan fingerprint density at radius 3 is 3.24 bits per heavy atom. The second kappa shape index (κ2) is 6.77. The van der Waals surface area contributed by atoms with Gasteiger partial charge < -0.3 is 10.6 Å². The molecule has 1 atom stereocenters. The Bertz CT molecular complexity index is 658. The van der Waals surface area contributed by atoms with Gasteiger partial charge in [-0.1, -0.05) is 12.1 Å². The van der Waals surface area contributed by atoms with Crippen LogP contribution in [0.15, 0.2) is 34.9 Å². The number of hydrogen-bond acceptors (Lipinski definition) is 4. The van der Waals surface area contributed by atoms with Crippen molar-refractivity contribution in [3.05, 3.63) is 34.9 Å². The van der Waals surface area contributed by atoms with E-state index < -0.39 is 0 Å². The Balaban J connectivity index is 1.73. The predicted octanol–water partition coefficient (Wildman–Crippen LogP) is 3.03. The number of hydrogen-bond donors (Lipinski definition) is 2. The summed E-state index contributed by atoms with van der Waals surface area (Å²) in [5.41, 5.74) is 1.59. The van der Waals surface area contributed by atoms with Gasteiger partial charge in [0.2, 0.25) is 5.91 Å². The molecule has 0 radical (unpaired) electrons. The average molecular weight is 366 g/mol. The number of pyridine rings is 1. The molecule has 1 fully saturated rings. The van der Waals surface area contributed by atoms with E-state index in [0.717, 1.165) is 39.1 Å². The monoisotopic (exact) mass is 365 g/mol. The number of thioether (sulfide) groups is 1. The van der Waals surface area contributed by atoms with E-state index in [1.807, 2.05) is 36.0 Å². The fourth-order valence-electron chi connectivity index (χ4n) is 2.41. The Morgan fingerprint density at radius 1 is 1.52 bits per heavy atom. The first kappa shape index (κ1) is 14.8. The molecule has 4 nitrogen and oxygen atoms in total. The van der Waals surface area contributed by atoms with Crippen molar-refractivity contribution < 1.29 is 4.79 Å². The van der Waals surface area contributed by atoms with Gasteiger partial charge in [0, 0.05) is 46.6 Å². The third kappa shape index (κ3) is 3.75. The maximum Gasteiger partial charge on any atom is 0.226 e. The van der Waals surface area contributed by atoms with Crippen molar-refractivity contribution in [2.24, 2.45) is 0 Å². The smallest absolute Gasteiger partial charge is 0.226 e. The van der Waals surface area contributed by atoms with Gasteiger partial charge in [0.1, 0.15) is 0 Å². The van der Waals surface area contributed by atoms with Crippen molar-refractivity contribution in [3.8, 4) is 0 Å². The molecule has 0 aliphatic carbocycles. The molecule has 1 aliphatic heterocycles. The fourth-order valence-corrected chi connectivity index (χ4v) is 3.71. The summed E-state index contributed by atoms with van der Waals surface area (Å²) in [6.45, 7) is 0.979. The van der Waals surface area contributed by atoms with Gasteiger partial charge in [-0.05, 0) is 28.1 Å². The fraction of sp³-hybridized carbons (Fsp3) is 0.333. The molecule has 1 amide bonds. The normalized spacial score (nSPS) is 18.6. The molecule has 1 aliphatic rings. The molecule has 0 saturated carbocycles. The third-order valence-corrected chi connectivity index (χ3v) is 4.95. The van der Waals surface area contributed by atoms with Gasteiger partial charge >= 0.3 is 0 Å². The lowest BCUT2D eigenvalue weighted by Crippen LogP contribution is -2.39. The maximum absolute atomic E-state index is 12.2. The summed E-state index contributed by atoms with van der Waals surface area (Å²) in [6.07, 6.45) is 2.25. The summed E-state index contributed by atoms with van der Waals surface area (Å²) in [5, 5.41) is 7.37. The minimum atomic E-state index is 0.0345. The molecule has 0 spiro atoms. The molecule has 1 saturated heterocycles. The standard InChI is InChI=1S/C15H16BrN3OS/c16-11-6-10-2-1-3-13(15(10)18-8-11)19-14(20)7-12-9-21-5-4-17-12/h1-3,6,8,12,17H,4-5,7,9H2,(H,19,20). The van der Waals surface area contributed by atoms with Crippen molar-refractivity contribution >= 4 is 50.2 Å². The van der Waals surface area contributed by atoms with E-state index in [1.165, 1.54) is 0 Å². The van der Waals surface area contributed by atoms with Crippen molar-refractivity contribution in [1.29, 1.82) is 0 Å². The first-order chi connectivity index (χ1) is 10.2. The molecular weight excluding hydrogens is 350 g/mol. The van der Waals surface area contributed by atoms with Gasteiger partial charge in [-0.3, -0.25) is 9.78 Å². The largest absolute Gasteiger partial charge is 0.324 e. The zero-order chi connectivity index (χ0) is 14.7. The van der Waals surface area contributed by atoms with Crippen LogP contribution in [-0.2, 0) is 4.79 Å². The van der Waals surface area contributed by atoms with Crippen LogP contribution < -0.4 is 10.6 Å². The Hall–Kier alpha value is -1.11. The lowest BCUT2D eigenvalue weighted by molar-refractivity contribution is -0.116. The molecule has 2 N–H and O–H groups in total. The molecule has 1 unspecified atom stereocenters. The highest BCUT2D eigenvalue weighted by molar-refractivity contribution is 9.10. The lowest BCUT2D eigenvalue weighted by atomic mass is 10.1. The predicted molar refractivity (Wildman–Crippen MR) is 91.8 cm³/mol. The number of rotatable bonds is 3. The van der Waals surface area contributed by atoms with Crippen LogP contribution in [0.25, 0.3) is 10.9 Å². The summed E-state index contributed by atoms with van der Waals surface area (Å²) in [7, 11) is 0. The quantitative estimate of drug-likeness (QED) is 0.877. The molecule has 6 heteroatoms. The number of carbonyl (C=O) groups excluding carboxylic acids is 1. The minimum Gasteiger partial charge on any atom is -0.324 e. The number of halogens is 1. The molecule has 2 aromatic rings. The molecule has 2 heterocycles. The Kier molecular flexibility index (Phi) is 4.77. The molecule has 0 bridgehead atoms. The van der Waals surface area contributed by atoms with Gasteiger partial charge in [-0.25, -0.2) is 0 Å². The SMILES string of the molecule is O=C(CC1CSCCN1)Nc1cccc2cc(Br)cnc12. The summed E-state index contributed by atoms with van der Waals surface area (Å²) in [6, 6.07) is 8.07. The van der Waals surface area contributed by atoms with Gasteiger partial charge in [-0.15, -0.1) is 0 Å². The van der Waals surface area contributed by atoms with E-state index in [4.69, 9.17) is 0 Å². The summed E-state index contributed by atoms with van der Waals surface area (Å²) >= 11 is 5.31. The van der Waals surface area contributed by atoms with Gasteiger partial charge in [0.25, 0.3) is 0 Å². The highest BCUT2D eigenvalue weighted by atomic mass is 79.9. The number of nitrogens with one attached hydrogen (secondary N) is 2. The molecule has 110 valence electrons. The third-order valence-electron chi connectivity index (χ3n) is 3.38. The summed E-state index contributed by atoms with van der Waals surface area (Å²) < 4.78 is 0.932. The van der Waals surface area contributed by atoms with Crippen molar-refractivity contribution in [3.63, 3.8) is 0 Å². The van der Waals surface area contributed by atoms with Crippen LogP contribution in [0.3, 0.4) is 0 Å². The second-order valence-electron chi connectivity index (χ2n) is 5.01. The van der Waals surface area contributed by atoms with E-state index in [-0.39, 0.29) is 11.9 Å². The average Bonchev–Trinajstić information content (AvgIpc) is 2.48. The van der Waals surface area contributed by atoms with Gasteiger partial charge in [0.05, 0.1) is 11.2 Å². The first-order valence-electron chi connectivity index (χ1n) is 6.87. The van der Waals surface area contributed by atoms with Crippen molar-refractivity contribution in [1.82, 2.24) is 10.3 Å². The zero-order valence-electron chi connectivity index (χ0n) is 11.4. The van der Waals surface area contributed by atoms with Crippen LogP contribution in [-0.4, -0.2) is 35.0 Å². The number of aromatic nitrogens is 1.